The molecule has 18 heavy (non-hydrogen) atoms. The molecule has 1 aliphatic rings. The van der Waals surface area contributed by atoms with Gasteiger partial charge in [-0.15, -0.1) is 0 Å². The minimum absolute atomic E-state index is 0.527. The zero-order valence-electron chi connectivity index (χ0n) is 12.3. The maximum Gasteiger partial charge on any atom is 0.0348 e. The van der Waals surface area contributed by atoms with Crippen molar-refractivity contribution in [1.82, 2.24) is 5.32 Å². The fourth-order valence-electron chi connectivity index (χ4n) is 3.07. The average molecular weight is 245 g/mol. The zero-order valence-corrected chi connectivity index (χ0v) is 12.3. The van der Waals surface area contributed by atoms with E-state index in [0.717, 1.165) is 24.7 Å². The molecule has 1 aromatic rings. The summed E-state index contributed by atoms with van der Waals surface area (Å²) in [7, 11) is 2.11. The van der Waals surface area contributed by atoms with Gasteiger partial charge in [0.15, 0.2) is 0 Å². The minimum Gasteiger partial charge on any atom is -0.313 e. The smallest absolute Gasteiger partial charge is 0.0348 e. The molecular weight excluding hydrogens is 218 g/mol. The van der Waals surface area contributed by atoms with Crippen LogP contribution in [0, 0.1) is 11.8 Å². The molecule has 0 amide bonds. The predicted molar refractivity (Wildman–Crippen MR) is 78.9 cm³/mol. The number of nitrogens with one attached hydrogen (secondary N) is 1. The Labute approximate surface area is 112 Å². The monoisotopic (exact) mass is 245 g/mol. The molecule has 1 saturated carbocycles. The number of rotatable bonds is 6. The second kappa shape index (κ2) is 5.88. The molecule has 0 radical (unpaired) electrons. The van der Waals surface area contributed by atoms with Crippen molar-refractivity contribution < 1.29 is 0 Å². The van der Waals surface area contributed by atoms with Crippen LogP contribution in [0.4, 0.5) is 0 Å². The van der Waals surface area contributed by atoms with Crippen LogP contribution in [0.1, 0.15) is 56.3 Å². The number of hydrogen-bond donors (Lipinski definition) is 1. The molecule has 0 bridgehead atoms. The molecule has 1 heteroatoms. The molecule has 0 heterocycles. The van der Waals surface area contributed by atoms with Crippen LogP contribution in [-0.2, 0) is 12.8 Å². The molecule has 1 fully saturated rings. The van der Waals surface area contributed by atoms with Crippen LogP contribution in [0.2, 0.25) is 0 Å². The summed E-state index contributed by atoms with van der Waals surface area (Å²) < 4.78 is 0. The van der Waals surface area contributed by atoms with Crippen molar-refractivity contribution in [3.8, 4) is 0 Å². The van der Waals surface area contributed by atoms with Gasteiger partial charge in [-0.25, -0.2) is 0 Å². The number of benzene rings is 1. The summed E-state index contributed by atoms with van der Waals surface area (Å²) in [5.74, 6) is 1.70. The molecule has 1 N–H and O–H groups in total. The Morgan fingerprint density at radius 2 is 1.94 bits per heavy atom. The second-order valence-electron chi connectivity index (χ2n) is 5.70. The Morgan fingerprint density at radius 1 is 1.22 bits per heavy atom. The van der Waals surface area contributed by atoms with Gasteiger partial charge < -0.3 is 5.32 Å². The highest BCUT2D eigenvalue weighted by Gasteiger charge is 2.33. The predicted octanol–water partition coefficient (Wildman–Crippen LogP) is 4.12. The highest BCUT2D eigenvalue weighted by atomic mass is 14.9. The van der Waals surface area contributed by atoms with Crippen LogP contribution in [0.3, 0.4) is 0 Å². The summed E-state index contributed by atoms with van der Waals surface area (Å²) in [6, 6.07) is 7.58. The summed E-state index contributed by atoms with van der Waals surface area (Å²) in [5.41, 5.74) is 4.52. The maximum absolute atomic E-state index is 3.57. The molecular formula is C17H27N. The third kappa shape index (κ3) is 2.77. The van der Waals surface area contributed by atoms with Crippen molar-refractivity contribution >= 4 is 0 Å². The van der Waals surface area contributed by atoms with Gasteiger partial charge in [-0.3, -0.25) is 0 Å². The van der Waals surface area contributed by atoms with Crippen molar-refractivity contribution in [3.05, 3.63) is 34.9 Å². The van der Waals surface area contributed by atoms with Crippen LogP contribution < -0.4 is 5.32 Å². The topological polar surface area (TPSA) is 12.0 Å². The van der Waals surface area contributed by atoms with E-state index in [1.807, 2.05) is 0 Å². The molecule has 2 unspecified atom stereocenters. The quantitative estimate of drug-likeness (QED) is 0.795. The molecule has 0 spiro atoms. The van der Waals surface area contributed by atoms with E-state index >= 15 is 0 Å². The summed E-state index contributed by atoms with van der Waals surface area (Å²) in [5, 5.41) is 3.57. The van der Waals surface area contributed by atoms with E-state index in [0.29, 0.717) is 6.04 Å². The fraction of sp³-hybridized carbons (Fsp3) is 0.647. The van der Waals surface area contributed by atoms with E-state index in [-0.39, 0.29) is 0 Å². The van der Waals surface area contributed by atoms with Gasteiger partial charge in [-0.05, 0) is 61.3 Å². The van der Waals surface area contributed by atoms with E-state index < -0.39 is 0 Å². The third-order valence-corrected chi connectivity index (χ3v) is 4.54. The molecule has 0 aromatic heterocycles. The molecule has 2 atom stereocenters. The number of aryl methyl sites for hydroxylation is 2. The van der Waals surface area contributed by atoms with Crippen LogP contribution >= 0.6 is 0 Å². The average Bonchev–Trinajstić information content (AvgIpc) is 3.23. The van der Waals surface area contributed by atoms with E-state index in [4.69, 9.17) is 0 Å². The first kappa shape index (κ1) is 13.6. The summed E-state index contributed by atoms with van der Waals surface area (Å²) >= 11 is 0. The Morgan fingerprint density at radius 3 is 2.44 bits per heavy atom. The zero-order chi connectivity index (χ0) is 13.1. The van der Waals surface area contributed by atoms with Crippen molar-refractivity contribution in [1.29, 1.82) is 0 Å². The largest absolute Gasteiger partial charge is 0.313 e. The van der Waals surface area contributed by atoms with Gasteiger partial charge in [0.2, 0.25) is 0 Å². The standard InChI is InChI=1S/C17H27N/c1-5-13-7-8-14(6-2)16(11-13)17(18-4)12(3)15-9-10-15/h7-8,11-12,15,17-18H,5-6,9-10H2,1-4H3. The Hall–Kier alpha value is -0.820. The molecule has 1 aliphatic carbocycles. The van der Waals surface area contributed by atoms with E-state index in [1.54, 1.807) is 5.56 Å². The molecule has 2 rings (SSSR count). The first-order valence-corrected chi connectivity index (χ1v) is 7.50. The molecule has 0 saturated heterocycles. The molecule has 1 nitrogen and oxygen atoms in total. The van der Waals surface area contributed by atoms with Gasteiger partial charge in [0.25, 0.3) is 0 Å². The van der Waals surface area contributed by atoms with E-state index in [9.17, 15) is 0 Å². The van der Waals surface area contributed by atoms with Crippen LogP contribution in [0.15, 0.2) is 18.2 Å². The molecule has 100 valence electrons. The SMILES string of the molecule is CCc1ccc(CC)c(C(NC)C(C)C2CC2)c1. The van der Waals surface area contributed by atoms with Gasteiger partial charge in [0, 0.05) is 6.04 Å². The summed E-state index contributed by atoms with van der Waals surface area (Å²) in [6.07, 6.45) is 5.11. The third-order valence-electron chi connectivity index (χ3n) is 4.54. The first-order valence-electron chi connectivity index (χ1n) is 7.50. The Bertz CT molecular complexity index is 393. The Balaban J connectivity index is 2.32. The normalized spacial score (nSPS) is 18.7. The summed E-state index contributed by atoms with van der Waals surface area (Å²) in [4.78, 5) is 0. The fourth-order valence-corrected chi connectivity index (χ4v) is 3.07. The first-order chi connectivity index (χ1) is 8.71. The minimum atomic E-state index is 0.527. The van der Waals surface area contributed by atoms with Crippen molar-refractivity contribution in [2.45, 2.75) is 52.5 Å². The lowest BCUT2D eigenvalue weighted by molar-refractivity contribution is 0.367. The maximum atomic E-state index is 3.57. The van der Waals surface area contributed by atoms with Gasteiger partial charge in [-0.1, -0.05) is 39.0 Å². The van der Waals surface area contributed by atoms with Crippen LogP contribution in [0.25, 0.3) is 0 Å². The lowest BCUT2D eigenvalue weighted by Gasteiger charge is -2.26. The van der Waals surface area contributed by atoms with Gasteiger partial charge in [0.1, 0.15) is 0 Å². The van der Waals surface area contributed by atoms with Crippen molar-refractivity contribution in [2.75, 3.05) is 7.05 Å². The van der Waals surface area contributed by atoms with Crippen molar-refractivity contribution in [2.24, 2.45) is 11.8 Å². The Kier molecular flexibility index (Phi) is 4.45. The van der Waals surface area contributed by atoms with Gasteiger partial charge in [-0.2, -0.15) is 0 Å². The lowest BCUT2D eigenvalue weighted by atomic mass is 9.86. The van der Waals surface area contributed by atoms with E-state index in [2.05, 4.69) is 51.3 Å². The van der Waals surface area contributed by atoms with Crippen LogP contribution in [-0.4, -0.2) is 7.05 Å². The van der Waals surface area contributed by atoms with E-state index in [1.165, 1.54) is 24.0 Å². The van der Waals surface area contributed by atoms with Crippen LogP contribution in [0.5, 0.6) is 0 Å². The highest BCUT2D eigenvalue weighted by Crippen LogP contribution is 2.43. The summed E-state index contributed by atoms with van der Waals surface area (Å²) in [6.45, 7) is 6.92. The lowest BCUT2D eigenvalue weighted by Crippen LogP contribution is -2.26. The number of hydrogen-bond acceptors (Lipinski definition) is 1. The molecule has 1 aromatic carbocycles. The van der Waals surface area contributed by atoms with Gasteiger partial charge in [0.05, 0.1) is 0 Å². The molecule has 0 aliphatic heterocycles. The highest BCUT2D eigenvalue weighted by molar-refractivity contribution is 5.35. The van der Waals surface area contributed by atoms with Crippen molar-refractivity contribution in [3.63, 3.8) is 0 Å². The van der Waals surface area contributed by atoms with Gasteiger partial charge >= 0.3 is 0 Å². The second-order valence-corrected chi connectivity index (χ2v) is 5.70.